The molecule has 0 saturated heterocycles. The maximum absolute atomic E-state index is 12.2. The highest BCUT2D eigenvalue weighted by atomic mass is 19.4. The van der Waals surface area contributed by atoms with Crippen LogP contribution in [0.3, 0.4) is 0 Å². The van der Waals surface area contributed by atoms with Crippen LogP contribution in [0.2, 0.25) is 0 Å². The predicted octanol–water partition coefficient (Wildman–Crippen LogP) is 2.56. The molecule has 0 amide bonds. The van der Waals surface area contributed by atoms with E-state index in [1.165, 1.54) is 0 Å². The van der Waals surface area contributed by atoms with Gasteiger partial charge in [-0.15, -0.1) is 0 Å². The molecule has 0 saturated carbocycles. The molecule has 0 aliphatic carbocycles. The molecule has 0 spiro atoms. The van der Waals surface area contributed by atoms with E-state index in [4.69, 9.17) is 5.11 Å². The highest BCUT2D eigenvalue weighted by molar-refractivity contribution is 5.75. The Hall–Kier alpha value is -1.73. The van der Waals surface area contributed by atoms with Gasteiger partial charge in [-0.05, 0) is 6.07 Å². The molecule has 0 bridgehead atoms. The topological polar surface area (TPSA) is 50.2 Å². The summed E-state index contributed by atoms with van der Waals surface area (Å²) in [7, 11) is 0. The molecule has 88 valence electrons. The van der Waals surface area contributed by atoms with E-state index in [0.717, 1.165) is 0 Å². The van der Waals surface area contributed by atoms with E-state index in [1.807, 2.05) is 0 Å². The molecule has 8 heteroatoms. The zero-order valence-electron chi connectivity index (χ0n) is 7.42. The molecule has 0 atom stereocenters. The summed E-state index contributed by atoms with van der Waals surface area (Å²) in [5.74, 6) is -1.44. The van der Waals surface area contributed by atoms with Gasteiger partial charge in [-0.1, -0.05) is 0 Å². The number of aldehydes is 1. The maximum Gasteiger partial charge on any atom is 0.437 e. The second kappa shape index (κ2) is 4.03. The second-order valence-electron chi connectivity index (χ2n) is 2.75. The van der Waals surface area contributed by atoms with Crippen molar-refractivity contribution in [2.45, 2.75) is 12.6 Å². The Morgan fingerprint density at radius 1 is 1.38 bits per heavy atom. The van der Waals surface area contributed by atoms with E-state index < -0.39 is 35.3 Å². The summed E-state index contributed by atoms with van der Waals surface area (Å²) in [6, 6.07) is 0.185. The van der Waals surface area contributed by atoms with Gasteiger partial charge in [0.1, 0.15) is 11.4 Å². The fraction of sp³-hybridized carbons (Fsp3) is 0.250. The fourth-order valence-corrected chi connectivity index (χ4v) is 1.01. The summed E-state index contributed by atoms with van der Waals surface area (Å²) in [6.45, 7) is 0. The van der Waals surface area contributed by atoms with Crippen LogP contribution in [0.25, 0.3) is 0 Å². The Kier molecular flexibility index (Phi) is 3.11. The average molecular weight is 241 g/mol. The van der Waals surface area contributed by atoms with Crippen molar-refractivity contribution in [1.82, 2.24) is 4.98 Å². The van der Waals surface area contributed by atoms with Crippen molar-refractivity contribution < 1.29 is 31.9 Å². The summed E-state index contributed by atoms with van der Waals surface area (Å²) < 4.78 is 61.0. The third-order valence-electron chi connectivity index (χ3n) is 1.68. The number of rotatable bonds is 2. The van der Waals surface area contributed by atoms with Crippen molar-refractivity contribution in [2.75, 3.05) is 0 Å². The first-order chi connectivity index (χ1) is 7.27. The maximum atomic E-state index is 12.2. The van der Waals surface area contributed by atoms with Gasteiger partial charge in [-0.2, -0.15) is 13.2 Å². The van der Waals surface area contributed by atoms with Crippen molar-refractivity contribution in [2.24, 2.45) is 0 Å². The van der Waals surface area contributed by atoms with Crippen molar-refractivity contribution in [3.05, 3.63) is 23.0 Å². The molecule has 0 radical (unpaired) electrons. The SMILES string of the molecule is O=Cc1nc(C(F)(F)F)c(O)cc1C(F)F. The molecule has 1 rings (SSSR count). The van der Waals surface area contributed by atoms with Gasteiger partial charge in [-0.3, -0.25) is 4.79 Å². The number of carbonyl (C=O) groups excluding carboxylic acids is 1. The Labute approximate surface area is 85.5 Å². The van der Waals surface area contributed by atoms with Crippen molar-refractivity contribution >= 4 is 6.29 Å². The summed E-state index contributed by atoms with van der Waals surface area (Å²) in [6.07, 6.45) is -8.43. The van der Waals surface area contributed by atoms with Crippen LogP contribution in [0.5, 0.6) is 5.75 Å². The fourth-order valence-electron chi connectivity index (χ4n) is 1.01. The lowest BCUT2D eigenvalue weighted by Gasteiger charge is -2.10. The number of hydrogen-bond acceptors (Lipinski definition) is 3. The van der Waals surface area contributed by atoms with Crippen LogP contribution in [0.15, 0.2) is 6.07 Å². The number of halogens is 5. The van der Waals surface area contributed by atoms with E-state index in [2.05, 4.69) is 4.98 Å². The lowest BCUT2D eigenvalue weighted by Crippen LogP contribution is -2.11. The van der Waals surface area contributed by atoms with Gasteiger partial charge in [0.15, 0.2) is 12.0 Å². The number of nitrogens with zero attached hydrogens (tertiary/aromatic N) is 1. The number of pyridine rings is 1. The normalized spacial score (nSPS) is 11.9. The number of carbonyl (C=O) groups is 1. The van der Waals surface area contributed by atoms with Gasteiger partial charge in [0.05, 0.1) is 5.56 Å². The number of hydrogen-bond donors (Lipinski definition) is 1. The van der Waals surface area contributed by atoms with E-state index in [0.29, 0.717) is 0 Å². The lowest BCUT2D eigenvalue weighted by molar-refractivity contribution is -0.142. The molecule has 0 unspecified atom stereocenters. The number of aromatic hydroxyl groups is 1. The summed E-state index contributed by atoms with van der Waals surface area (Å²) in [4.78, 5) is 12.9. The molecule has 1 heterocycles. The monoisotopic (exact) mass is 241 g/mol. The van der Waals surface area contributed by atoms with Crippen LogP contribution < -0.4 is 0 Å². The second-order valence-corrected chi connectivity index (χ2v) is 2.75. The van der Waals surface area contributed by atoms with Crippen molar-refractivity contribution in [3.8, 4) is 5.75 Å². The molecular weight excluding hydrogens is 237 g/mol. The van der Waals surface area contributed by atoms with Gasteiger partial charge in [-0.25, -0.2) is 13.8 Å². The van der Waals surface area contributed by atoms with E-state index in [1.54, 1.807) is 0 Å². The van der Waals surface area contributed by atoms with Crippen LogP contribution >= 0.6 is 0 Å². The van der Waals surface area contributed by atoms with Crippen LogP contribution in [0.4, 0.5) is 22.0 Å². The first kappa shape index (κ1) is 12.3. The average Bonchev–Trinajstić information content (AvgIpc) is 2.15. The van der Waals surface area contributed by atoms with E-state index >= 15 is 0 Å². The number of aromatic nitrogens is 1. The van der Waals surface area contributed by atoms with Crippen molar-refractivity contribution in [3.63, 3.8) is 0 Å². The Morgan fingerprint density at radius 2 is 1.94 bits per heavy atom. The Morgan fingerprint density at radius 3 is 2.31 bits per heavy atom. The van der Waals surface area contributed by atoms with Crippen molar-refractivity contribution in [1.29, 1.82) is 0 Å². The highest BCUT2D eigenvalue weighted by Crippen LogP contribution is 2.36. The standard InChI is InChI=1S/C8H4F5NO2/c9-7(10)3-1-5(16)6(8(11,12)13)14-4(3)2-15/h1-2,7,16H. The number of alkyl halides is 5. The van der Waals surface area contributed by atoms with Crippen LogP contribution in [0, 0.1) is 0 Å². The van der Waals surface area contributed by atoms with E-state index in [9.17, 15) is 26.7 Å². The molecule has 0 fully saturated rings. The molecule has 0 aliphatic heterocycles. The smallest absolute Gasteiger partial charge is 0.437 e. The van der Waals surface area contributed by atoms with Gasteiger partial charge in [0, 0.05) is 0 Å². The van der Waals surface area contributed by atoms with Gasteiger partial charge in [0.25, 0.3) is 6.43 Å². The minimum Gasteiger partial charge on any atom is -0.506 e. The zero-order valence-corrected chi connectivity index (χ0v) is 7.42. The molecule has 1 aromatic heterocycles. The van der Waals surface area contributed by atoms with E-state index in [-0.39, 0.29) is 12.4 Å². The third kappa shape index (κ3) is 2.26. The van der Waals surface area contributed by atoms with Gasteiger partial charge < -0.3 is 5.11 Å². The Balaban J connectivity index is 3.43. The predicted molar refractivity (Wildman–Crippen MR) is 41.2 cm³/mol. The zero-order chi connectivity index (χ0) is 12.5. The van der Waals surface area contributed by atoms with Crippen LogP contribution in [0.1, 0.15) is 28.2 Å². The first-order valence-electron chi connectivity index (χ1n) is 3.81. The molecule has 1 N–H and O–H groups in total. The highest BCUT2D eigenvalue weighted by Gasteiger charge is 2.37. The first-order valence-corrected chi connectivity index (χ1v) is 3.81. The summed E-state index contributed by atoms with van der Waals surface area (Å²) in [5.41, 5.74) is -3.85. The Bertz CT molecular complexity index is 416. The molecule has 0 aliphatic rings. The largest absolute Gasteiger partial charge is 0.506 e. The van der Waals surface area contributed by atoms with Crippen LogP contribution in [-0.2, 0) is 6.18 Å². The van der Waals surface area contributed by atoms with Crippen LogP contribution in [-0.4, -0.2) is 16.4 Å². The minimum atomic E-state index is -5.01. The molecule has 16 heavy (non-hydrogen) atoms. The molecule has 3 nitrogen and oxygen atoms in total. The quantitative estimate of drug-likeness (QED) is 0.639. The minimum absolute atomic E-state index is 0.185. The third-order valence-corrected chi connectivity index (χ3v) is 1.68. The lowest BCUT2D eigenvalue weighted by atomic mass is 10.1. The molecule has 0 aromatic carbocycles. The van der Waals surface area contributed by atoms with Gasteiger partial charge in [0.2, 0.25) is 0 Å². The molecule has 1 aromatic rings. The molecular formula is C8H4F5NO2. The van der Waals surface area contributed by atoms with Gasteiger partial charge >= 0.3 is 6.18 Å². The summed E-state index contributed by atoms with van der Waals surface area (Å²) in [5, 5.41) is 8.86. The summed E-state index contributed by atoms with van der Waals surface area (Å²) >= 11 is 0.